The molecule has 0 aliphatic rings. The van der Waals surface area contributed by atoms with Gasteiger partial charge in [0.1, 0.15) is 0 Å². The highest BCUT2D eigenvalue weighted by molar-refractivity contribution is 9.10. The topological polar surface area (TPSA) is 12.0 Å². The van der Waals surface area contributed by atoms with Crippen LogP contribution in [0.5, 0.6) is 0 Å². The van der Waals surface area contributed by atoms with Crippen molar-refractivity contribution in [2.24, 2.45) is 0 Å². The molecular weight excluding hydrogens is 357 g/mol. The molecule has 20 heavy (non-hydrogen) atoms. The van der Waals surface area contributed by atoms with Crippen LogP contribution in [0.4, 0.5) is 5.69 Å². The van der Waals surface area contributed by atoms with Crippen LogP contribution in [0.3, 0.4) is 0 Å². The summed E-state index contributed by atoms with van der Waals surface area (Å²) in [7, 11) is 0. The average molecular weight is 373 g/mol. The van der Waals surface area contributed by atoms with Gasteiger partial charge in [-0.2, -0.15) is 0 Å². The van der Waals surface area contributed by atoms with Crippen LogP contribution in [0.1, 0.15) is 29.7 Å². The van der Waals surface area contributed by atoms with Crippen LogP contribution in [0, 0.1) is 13.8 Å². The van der Waals surface area contributed by atoms with Crippen molar-refractivity contribution in [2.45, 2.75) is 26.8 Å². The molecule has 0 aliphatic heterocycles. The van der Waals surface area contributed by atoms with Gasteiger partial charge in [-0.3, -0.25) is 0 Å². The molecule has 2 rings (SSSR count). The number of rotatable bonds is 3. The summed E-state index contributed by atoms with van der Waals surface area (Å²) < 4.78 is 0.800. The highest BCUT2D eigenvalue weighted by atomic mass is 79.9. The zero-order valence-corrected chi connectivity index (χ0v) is 14.7. The molecule has 1 N–H and O–H groups in total. The summed E-state index contributed by atoms with van der Waals surface area (Å²) in [4.78, 5) is 0. The zero-order valence-electron chi connectivity index (χ0n) is 11.6. The standard InChI is InChI=1S/C16H16BrCl2N/c1-9-4-5-10(2)12(8-9)11(3)20-14-7-6-13(17)15(18)16(14)19/h4-8,11,20H,1-3H3. The summed E-state index contributed by atoms with van der Waals surface area (Å²) in [5.74, 6) is 0. The highest BCUT2D eigenvalue weighted by Crippen LogP contribution is 2.37. The Morgan fingerprint density at radius 1 is 1.05 bits per heavy atom. The molecule has 0 saturated heterocycles. The minimum Gasteiger partial charge on any atom is -0.377 e. The third kappa shape index (κ3) is 3.30. The van der Waals surface area contributed by atoms with Gasteiger partial charge in [-0.05, 0) is 60.0 Å². The second kappa shape index (κ2) is 6.38. The summed E-state index contributed by atoms with van der Waals surface area (Å²) in [5.41, 5.74) is 4.61. The van der Waals surface area contributed by atoms with E-state index in [1.807, 2.05) is 12.1 Å². The summed E-state index contributed by atoms with van der Waals surface area (Å²) in [5, 5.41) is 4.50. The Morgan fingerprint density at radius 2 is 1.75 bits per heavy atom. The fourth-order valence-corrected chi connectivity index (χ4v) is 3.00. The molecule has 0 bridgehead atoms. The molecule has 2 aromatic rings. The average Bonchev–Trinajstić information content (AvgIpc) is 2.42. The fourth-order valence-electron chi connectivity index (χ4n) is 2.17. The van der Waals surface area contributed by atoms with E-state index in [9.17, 15) is 0 Å². The van der Waals surface area contributed by atoms with Crippen LogP contribution in [0.25, 0.3) is 0 Å². The van der Waals surface area contributed by atoms with Crippen LogP contribution in [0.2, 0.25) is 10.0 Å². The predicted octanol–water partition coefficient (Wildman–Crippen LogP) is 6.55. The first kappa shape index (κ1) is 15.7. The van der Waals surface area contributed by atoms with Crippen molar-refractivity contribution in [1.82, 2.24) is 0 Å². The molecular formula is C16H16BrCl2N. The van der Waals surface area contributed by atoms with Crippen molar-refractivity contribution in [3.05, 3.63) is 61.5 Å². The molecule has 1 nitrogen and oxygen atoms in total. The lowest BCUT2D eigenvalue weighted by atomic mass is 10.00. The zero-order chi connectivity index (χ0) is 14.9. The van der Waals surface area contributed by atoms with E-state index < -0.39 is 0 Å². The van der Waals surface area contributed by atoms with Gasteiger partial charge in [0.15, 0.2) is 0 Å². The van der Waals surface area contributed by atoms with E-state index >= 15 is 0 Å². The van der Waals surface area contributed by atoms with Crippen molar-refractivity contribution < 1.29 is 0 Å². The molecule has 0 spiro atoms. The first-order chi connectivity index (χ1) is 9.40. The minimum atomic E-state index is 0.157. The van der Waals surface area contributed by atoms with Crippen molar-refractivity contribution in [1.29, 1.82) is 0 Å². The van der Waals surface area contributed by atoms with E-state index in [1.165, 1.54) is 16.7 Å². The molecule has 0 radical (unpaired) electrons. The molecule has 1 unspecified atom stereocenters. The van der Waals surface area contributed by atoms with Gasteiger partial charge in [0, 0.05) is 10.5 Å². The van der Waals surface area contributed by atoms with Crippen LogP contribution >= 0.6 is 39.1 Å². The lowest BCUT2D eigenvalue weighted by Gasteiger charge is -2.20. The van der Waals surface area contributed by atoms with Gasteiger partial charge in [-0.25, -0.2) is 0 Å². The van der Waals surface area contributed by atoms with Crippen LogP contribution < -0.4 is 5.32 Å². The van der Waals surface area contributed by atoms with Gasteiger partial charge < -0.3 is 5.32 Å². The van der Waals surface area contributed by atoms with Gasteiger partial charge in [0.05, 0.1) is 15.7 Å². The number of nitrogens with one attached hydrogen (secondary N) is 1. The SMILES string of the molecule is Cc1ccc(C)c(C(C)Nc2ccc(Br)c(Cl)c2Cl)c1. The van der Waals surface area contributed by atoms with E-state index in [0.717, 1.165) is 10.2 Å². The largest absolute Gasteiger partial charge is 0.377 e. The van der Waals surface area contributed by atoms with Crippen molar-refractivity contribution in [3.63, 3.8) is 0 Å². The smallest absolute Gasteiger partial charge is 0.0835 e. The Balaban J connectivity index is 2.30. The van der Waals surface area contributed by atoms with Gasteiger partial charge in [0.2, 0.25) is 0 Å². The second-order valence-corrected chi connectivity index (χ2v) is 6.56. The number of anilines is 1. The molecule has 0 saturated carbocycles. The molecule has 0 heterocycles. The molecule has 2 aromatic carbocycles. The molecule has 1 atom stereocenters. The quantitative estimate of drug-likeness (QED) is 0.602. The number of hydrogen-bond acceptors (Lipinski definition) is 1. The maximum Gasteiger partial charge on any atom is 0.0835 e. The van der Waals surface area contributed by atoms with E-state index in [-0.39, 0.29) is 6.04 Å². The Labute approximate surface area is 138 Å². The number of aryl methyl sites for hydroxylation is 2. The Bertz CT molecular complexity index is 641. The molecule has 0 aromatic heterocycles. The first-order valence-corrected chi connectivity index (χ1v) is 7.92. The van der Waals surface area contributed by atoms with Gasteiger partial charge in [-0.15, -0.1) is 0 Å². The molecule has 0 aliphatic carbocycles. The highest BCUT2D eigenvalue weighted by Gasteiger charge is 2.13. The summed E-state index contributed by atoms with van der Waals surface area (Å²) in [6, 6.07) is 10.4. The molecule has 0 fully saturated rings. The summed E-state index contributed by atoms with van der Waals surface area (Å²) in [6.45, 7) is 6.33. The predicted molar refractivity (Wildman–Crippen MR) is 92.1 cm³/mol. The van der Waals surface area contributed by atoms with Crippen LogP contribution in [0.15, 0.2) is 34.8 Å². The lowest BCUT2D eigenvalue weighted by Crippen LogP contribution is -2.09. The van der Waals surface area contributed by atoms with Crippen molar-refractivity contribution in [3.8, 4) is 0 Å². The minimum absolute atomic E-state index is 0.157. The molecule has 4 heteroatoms. The van der Waals surface area contributed by atoms with E-state index in [1.54, 1.807) is 0 Å². The van der Waals surface area contributed by atoms with Gasteiger partial charge >= 0.3 is 0 Å². The normalized spacial score (nSPS) is 12.3. The van der Waals surface area contributed by atoms with E-state index in [0.29, 0.717) is 10.0 Å². The first-order valence-electron chi connectivity index (χ1n) is 6.37. The number of halogens is 3. The van der Waals surface area contributed by atoms with Crippen LogP contribution in [-0.4, -0.2) is 0 Å². The van der Waals surface area contributed by atoms with Crippen molar-refractivity contribution in [2.75, 3.05) is 5.32 Å². The summed E-state index contributed by atoms with van der Waals surface area (Å²) in [6.07, 6.45) is 0. The Morgan fingerprint density at radius 3 is 2.45 bits per heavy atom. The molecule has 106 valence electrons. The molecule has 0 amide bonds. The van der Waals surface area contributed by atoms with Gasteiger partial charge in [-0.1, -0.05) is 47.0 Å². The second-order valence-electron chi connectivity index (χ2n) is 4.95. The monoisotopic (exact) mass is 371 g/mol. The van der Waals surface area contributed by atoms with Gasteiger partial charge in [0.25, 0.3) is 0 Å². The van der Waals surface area contributed by atoms with E-state index in [4.69, 9.17) is 23.2 Å². The fraction of sp³-hybridized carbons (Fsp3) is 0.250. The third-order valence-electron chi connectivity index (χ3n) is 3.31. The van der Waals surface area contributed by atoms with Crippen LogP contribution in [-0.2, 0) is 0 Å². The Hall–Kier alpha value is -0.700. The lowest BCUT2D eigenvalue weighted by molar-refractivity contribution is 0.872. The summed E-state index contributed by atoms with van der Waals surface area (Å²) >= 11 is 15.8. The third-order valence-corrected chi connectivity index (χ3v) is 5.08. The maximum atomic E-state index is 6.28. The Kier molecular flexibility index (Phi) is 5.00. The maximum absolute atomic E-state index is 6.28. The van der Waals surface area contributed by atoms with E-state index in [2.05, 4.69) is 60.2 Å². The van der Waals surface area contributed by atoms with Crippen molar-refractivity contribution >= 4 is 44.8 Å². The number of hydrogen-bond donors (Lipinski definition) is 1. The number of benzene rings is 2.